The van der Waals surface area contributed by atoms with Gasteiger partial charge in [-0.1, -0.05) is 25.8 Å². The molecule has 0 aliphatic carbocycles. The number of ether oxygens (including phenoxy) is 5. The highest BCUT2D eigenvalue weighted by Gasteiger charge is 2.31. The van der Waals surface area contributed by atoms with Crippen molar-refractivity contribution in [1.82, 2.24) is 0 Å². The van der Waals surface area contributed by atoms with E-state index in [1.807, 2.05) is 6.92 Å². The smallest absolute Gasteiger partial charge is 0.146 e. The molecule has 0 aromatic heterocycles. The molecule has 158 valence electrons. The molecule has 0 saturated heterocycles. The average molecular weight is 388 g/mol. The zero-order valence-electron chi connectivity index (χ0n) is 17.2. The number of rotatable bonds is 19. The maximum atomic E-state index is 5.75. The second-order valence-corrected chi connectivity index (χ2v) is 6.77. The molecule has 0 aromatic rings. The fourth-order valence-corrected chi connectivity index (χ4v) is 2.61. The first-order valence-corrected chi connectivity index (χ1v) is 9.23. The van der Waals surface area contributed by atoms with Crippen molar-refractivity contribution in [2.45, 2.75) is 26.7 Å². The lowest BCUT2D eigenvalue weighted by Gasteiger charge is -2.32. The molecule has 27 heavy (non-hydrogen) atoms. The maximum Gasteiger partial charge on any atom is 0.146 e. The fraction of sp³-hybridized carbons (Fsp3) is 0.800. The van der Waals surface area contributed by atoms with Gasteiger partial charge in [0.25, 0.3) is 0 Å². The molecule has 0 amide bonds. The van der Waals surface area contributed by atoms with Crippen LogP contribution >= 0.6 is 0 Å². The van der Waals surface area contributed by atoms with Crippen molar-refractivity contribution in [2.75, 3.05) is 66.8 Å². The summed E-state index contributed by atoms with van der Waals surface area (Å²) in [5, 5.41) is 0. The highest BCUT2D eigenvalue weighted by molar-refractivity contribution is 4.84. The molecule has 0 spiro atoms. The lowest BCUT2D eigenvalue weighted by atomic mass is 9.88. The standard InChI is InChI=1S/C20H37NO6/c1-6-10-23-13-19(8-3,12-22-5)15-25-18-26-16-20(9-4,17-27-21)14-24-11-7-2/h1,7H,2,8-18,21H2,3-5H3. The van der Waals surface area contributed by atoms with Gasteiger partial charge in [0.2, 0.25) is 0 Å². The minimum atomic E-state index is -0.328. The summed E-state index contributed by atoms with van der Waals surface area (Å²) >= 11 is 0. The van der Waals surface area contributed by atoms with Gasteiger partial charge in [-0.25, -0.2) is 5.90 Å². The van der Waals surface area contributed by atoms with Crippen LogP contribution < -0.4 is 5.90 Å². The molecule has 2 N–H and O–H groups in total. The van der Waals surface area contributed by atoms with Crippen molar-refractivity contribution < 1.29 is 28.5 Å². The topological polar surface area (TPSA) is 81.4 Å². The predicted octanol–water partition coefficient (Wildman–Crippen LogP) is 2.16. The van der Waals surface area contributed by atoms with E-state index in [-0.39, 0.29) is 24.2 Å². The molecule has 2 unspecified atom stereocenters. The second kappa shape index (κ2) is 16.0. The monoisotopic (exact) mass is 387 g/mol. The van der Waals surface area contributed by atoms with Gasteiger partial charge in [0.15, 0.2) is 0 Å². The Bertz CT molecular complexity index is 414. The van der Waals surface area contributed by atoms with E-state index in [9.17, 15) is 0 Å². The van der Waals surface area contributed by atoms with E-state index in [4.69, 9.17) is 40.8 Å². The van der Waals surface area contributed by atoms with E-state index in [1.165, 1.54) is 0 Å². The summed E-state index contributed by atoms with van der Waals surface area (Å²) in [6.45, 7) is 11.3. The van der Waals surface area contributed by atoms with E-state index in [0.717, 1.165) is 12.8 Å². The Morgan fingerprint density at radius 1 is 0.926 bits per heavy atom. The number of terminal acetylenes is 1. The first kappa shape index (κ1) is 26.0. The van der Waals surface area contributed by atoms with Crippen LogP contribution in [-0.4, -0.2) is 66.8 Å². The summed E-state index contributed by atoms with van der Waals surface area (Å²) in [6, 6.07) is 0. The summed E-state index contributed by atoms with van der Waals surface area (Å²) in [5.74, 6) is 7.76. The van der Waals surface area contributed by atoms with Crippen molar-refractivity contribution >= 4 is 0 Å². The van der Waals surface area contributed by atoms with Gasteiger partial charge in [0, 0.05) is 17.9 Å². The lowest BCUT2D eigenvalue weighted by molar-refractivity contribution is -0.142. The first-order valence-electron chi connectivity index (χ1n) is 9.23. The maximum absolute atomic E-state index is 5.75. The Morgan fingerprint density at radius 3 is 1.96 bits per heavy atom. The van der Waals surface area contributed by atoms with Crippen LogP contribution in [0.1, 0.15) is 26.7 Å². The molecule has 7 heteroatoms. The van der Waals surface area contributed by atoms with Crippen molar-refractivity contribution in [2.24, 2.45) is 16.7 Å². The van der Waals surface area contributed by atoms with Crippen LogP contribution in [-0.2, 0) is 28.5 Å². The number of hydrogen-bond acceptors (Lipinski definition) is 7. The summed E-state index contributed by atoms with van der Waals surface area (Å²) in [4.78, 5) is 4.87. The highest BCUT2D eigenvalue weighted by atomic mass is 16.7. The summed E-state index contributed by atoms with van der Waals surface area (Å²) < 4.78 is 27.9. The number of methoxy groups -OCH3 is 1. The largest absolute Gasteiger partial charge is 0.384 e. The van der Waals surface area contributed by atoms with Crippen molar-refractivity contribution in [3.05, 3.63) is 12.7 Å². The van der Waals surface area contributed by atoms with Gasteiger partial charge in [0.1, 0.15) is 13.4 Å². The zero-order valence-corrected chi connectivity index (χ0v) is 17.2. The molecule has 7 nitrogen and oxygen atoms in total. The highest BCUT2D eigenvalue weighted by Crippen LogP contribution is 2.25. The van der Waals surface area contributed by atoms with Gasteiger partial charge in [-0.3, -0.25) is 0 Å². The molecular weight excluding hydrogens is 350 g/mol. The second-order valence-electron chi connectivity index (χ2n) is 6.77. The van der Waals surface area contributed by atoms with Gasteiger partial charge in [-0.05, 0) is 12.8 Å². The van der Waals surface area contributed by atoms with Crippen LogP contribution in [0, 0.1) is 23.2 Å². The molecule has 2 atom stereocenters. The Balaban J connectivity index is 4.49. The molecular formula is C20H37NO6. The lowest BCUT2D eigenvalue weighted by Crippen LogP contribution is -2.39. The third-order valence-electron chi connectivity index (χ3n) is 4.56. The van der Waals surface area contributed by atoms with Crippen LogP contribution in [0.15, 0.2) is 12.7 Å². The van der Waals surface area contributed by atoms with Gasteiger partial charge in [-0.2, -0.15) is 0 Å². The summed E-state index contributed by atoms with van der Waals surface area (Å²) in [6.07, 6.45) is 8.58. The first-order chi connectivity index (χ1) is 13.1. The molecule has 0 aromatic carbocycles. The Morgan fingerprint density at radius 2 is 1.48 bits per heavy atom. The van der Waals surface area contributed by atoms with E-state index in [0.29, 0.717) is 46.2 Å². The van der Waals surface area contributed by atoms with E-state index < -0.39 is 0 Å². The van der Waals surface area contributed by atoms with Crippen molar-refractivity contribution in [1.29, 1.82) is 0 Å². The minimum absolute atomic E-state index is 0.147. The summed E-state index contributed by atoms with van der Waals surface area (Å²) in [7, 11) is 1.66. The average Bonchev–Trinajstić information content (AvgIpc) is 2.68. The van der Waals surface area contributed by atoms with E-state index >= 15 is 0 Å². The fourth-order valence-electron chi connectivity index (χ4n) is 2.61. The van der Waals surface area contributed by atoms with Crippen LogP contribution in [0.5, 0.6) is 0 Å². The Kier molecular flexibility index (Phi) is 15.4. The Hall–Kier alpha value is -0.980. The number of nitrogens with two attached hydrogens (primary N) is 1. The van der Waals surface area contributed by atoms with Gasteiger partial charge >= 0.3 is 0 Å². The third-order valence-corrected chi connectivity index (χ3v) is 4.56. The SMILES string of the molecule is C#CCOCC(CC)(COC)COCOCC(CC)(CON)COCC=C. The molecule has 0 radical (unpaired) electrons. The predicted molar refractivity (Wildman–Crippen MR) is 105 cm³/mol. The molecule has 0 bridgehead atoms. The van der Waals surface area contributed by atoms with Gasteiger partial charge in [0.05, 0.1) is 46.2 Å². The minimum Gasteiger partial charge on any atom is -0.384 e. The quantitative estimate of drug-likeness (QED) is 0.120. The van der Waals surface area contributed by atoms with Crippen LogP contribution in [0.2, 0.25) is 0 Å². The van der Waals surface area contributed by atoms with Gasteiger partial charge in [-0.15, -0.1) is 13.0 Å². The van der Waals surface area contributed by atoms with Crippen molar-refractivity contribution in [3.63, 3.8) is 0 Å². The van der Waals surface area contributed by atoms with E-state index in [1.54, 1.807) is 13.2 Å². The number of hydrogen-bond donors (Lipinski definition) is 1. The van der Waals surface area contributed by atoms with Crippen LogP contribution in [0.4, 0.5) is 0 Å². The molecule has 0 saturated carbocycles. The van der Waals surface area contributed by atoms with Crippen LogP contribution in [0.3, 0.4) is 0 Å². The van der Waals surface area contributed by atoms with Crippen molar-refractivity contribution in [3.8, 4) is 12.3 Å². The van der Waals surface area contributed by atoms with Crippen LogP contribution in [0.25, 0.3) is 0 Å². The molecule has 0 aliphatic heterocycles. The molecule has 0 rings (SSSR count). The molecule has 0 aliphatic rings. The summed E-state index contributed by atoms with van der Waals surface area (Å²) in [5.41, 5.74) is -0.588. The third kappa shape index (κ3) is 10.8. The Labute approximate surface area is 164 Å². The molecule has 0 fully saturated rings. The normalized spacial score (nSPS) is 15.7. The van der Waals surface area contributed by atoms with E-state index in [2.05, 4.69) is 19.4 Å². The van der Waals surface area contributed by atoms with Gasteiger partial charge < -0.3 is 28.5 Å². The zero-order chi connectivity index (χ0) is 20.4. The molecule has 0 heterocycles.